The summed E-state index contributed by atoms with van der Waals surface area (Å²) >= 11 is 0. The predicted molar refractivity (Wildman–Crippen MR) is 119 cm³/mol. The standard InChI is InChI=1S/C25H25N3O/c1-3-8-20(9-4-1)16-27-23(18-28-22-11-5-2-6-12-22)19-29-25-13-7-10-21-17-26-15-14-24(21)25/h1-15,17,23,27-28H,16,18-19H2. The average Bonchev–Trinajstić information content (AvgIpc) is 2.80. The van der Waals surface area contributed by atoms with Crippen molar-refractivity contribution in [3.8, 4) is 5.75 Å². The predicted octanol–water partition coefficient (Wildman–Crippen LogP) is 4.88. The number of hydrogen-bond donors (Lipinski definition) is 2. The van der Waals surface area contributed by atoms with Crippen molar-refractivity contribution in [2.75, 3.05) is 18.5 Å². The van der Waals surface area contributed by atoms with E-state index < -0.39 is 0 Å². The second-order valence-corrected chi connectivity index (χ2v) is 6.97. The zero-order chi connectivity index (χ0) is 19.7. The first-order valence-corrected chi connectivity index (χ1v) is 9.90. The van der Waals surface area contributed by atoms with Gasteiger partial charge in [-0.2, -0.15) is 0 Å². The summed E-state index contributed by atoms with van der Waals surface area (Å²) in [5.74, 6) is 0.885. The Balaban J connectivity index is 1.43. The summed E-state index contributed by atoms with van der Waals surface area (Å²) < 4.78 is 6.23. The number of hydrogen-bond acceptors (Lipinski definition) is 4. The van der Waals surface area contributed by atoms with Crippen LogP contribution in [0, 0.1) is 0 Å². The van der Waals surface area contributed by atoms with E-state index in [0.29, 0.717) is 6.61 Å². The fourth-order valence-electron chi connectivity index (χ4n) is 3.25. The Morgan fingerprint density at radius 1 is 0.828 bits per heavy atom. The van der Waals surface area contributed by atoms with E-state index in [0.717, 1.165) is 35.3 Å². The maximum atomic E-state index is 6.23. The number of ether oxygens (including phenoxy) is 1. The van der Waals surface area contributed by atoms with Crippen LogP contribution in [0.2, 0.25) is 0 Å². The number of nitrogens with one attached hydrogen (secondary N) is 2. The van der Waals surface area contributed by atoms with E-state index >= 15 is 0 Å². The lowest BCUT2D eigenvalue weighted by atomic mass is 10.1. The van der Waals surface area contributed by atoms with Crippen molar-refractivity contribution < 1.29 is 4.74 Å². The van der Waals surface area contributed by atoms with Crippen LogP contribution in [0.3, 0.4) is 0 Å². The molecule has 0 spiro atoms. The molecule has 0 saturated heterocycles. The molecule has 4 heteroatoms. The first-order chi connectivity index (χ1) is 14.4. The van der Waals surface area contributed by atoms with E-state index in [-0.39, 0.29) is 6.04 Å². The van der Waals surface area contributed by atoms with Gasteiger partial charge in [0.05, 0.1) is 6.04 Å². The van der Waals surface area contributed by atoms with Crippen LogP contribution in [0.1, 0.15) is 5.56 Å². The summed E-state index contributed by atoms with van der Waals surface area (Å²) in [6.45, 7) is 2.13. The molecule has 4 nitrogen and oxygen atoms in total. The molecule has 0 aliphatic rings. The molecule has 1 unspecified atom stereocenters. The minimum atomic E-state index is 0.146. The van der Waals surface area contributed by atoms with Crippen molar-refractivity contribution in [1.82, 2.24) is 10.3 Å². The van der Waals surface area contributed by atoms with Gasteiger partial charge in [0, 0.05) is 41.9 Å². The molecular weight excluding hydrogens is 358 g/mol. The zero-order valence-electron chi connectivity index (χ0n) is 16.3. The fourth-order valence-corrected chi connectivity index (χ4v) is 3.25. The van der Waals surface area contributed by atoms with Crippen molar-refractivity contribution in [3.05, 3.63) is 103 Å². The monoisotopic (exact) mass is 383 g/mol. The number of nitrogens with zero attached hydrogens (tertiary/aromatic N) is 1. The fraction of sp³-hybridized carbons (Fsp3) is 0.160. The lowest BCUT2D eigenvalue weighted by Crippen LogP contribution is -2.40. The van der Waals surface area contributed by atoms with Crippen molar-refractivity contribution in [3.63, 3.8) is 0 Å². The highest BCUT2D eigenvalue weighted by atomic mass is 16.5. The molecule has 0 bridgehead atoms. The third-order valence-electron chi connectivity index (χ3n) is 4.84. The SMILES string of the molecule is c1ccc(CNC(CNc2ccccc2)COc2cccc3cnccc23)cc1. The van der Waals surface area contributed by atoms with Gasteiger partial charge in [0.1, 0.15) is 12.4 Å². The molecule has 3 aromatic carbocycles. The molecule has 1 heterocycles. The molecule has 0 radical (unpaired) electrons. The third-order valence-corrected chi connectivity index (χ3v) is 4.84. The Morgan fingerprint density at radius 2 is 1.62 bits per heavy atom. The van der Waals surface area contributed by atoms with Crippen LogP contribution >= 0.6 is 0 Å². The summed E-state index contributed by atoms with van der Waals surface area (Å²) in [5, 5.41) is 9.29. The summed E-state index contributed by atoms with van der Waals surface area (Å²) in [4.78, 5) is 4.20. The van der Waals surface area contributed by atoms with E-state index in [4.69, 9.17) is 4.74 Å². The zero-order valence-corrected chi connectivity index (χ0v) is 16.3. The van der Waals surface area contributed by atoms with Crippen LogP contribution in [-0.2, 0) is 6.54 Å². The molecular formula is C25H25N3O. The van der Waals surface area contributed by atoms with Gasteiger partial charge in [-0.3, -0.25) is 4.98 Å². The molecule has 0 amide bonds. The highest BCUT2D eigenvalue weighted by Crippen LogP contribution is 2.24. The van der Waals surface area contributed by atoms with Crippen molar-refractivity contribution in [1.29, 1.82) is 0 Å². The second kappa shape index (κ2) is 9.71. The lowest BCUT2D eigenvalue weighted by molar-refractivity contribution is 0.271. The Kier molecular flexibility index (Phi) is 6.35. The van der Waals surface area contributed by atoms with Gasteiger partial charge in [-0.25, -0.2) is 0 Å². The van der Waals surface area contributed by atoms with Crippen molar-refractivity contribution >= 4 is 16.5 Å². The average molecular weight is 383 g/mol. The Bertz CT molecular complexity index is 973. The van der Waals surface area contributed by atoms with Crippen LogP contribution in [0.4, 0.5) is 5.69 Å². The third kappa shape index (κ3) is 5.33. The smallest absolute Gasteiger partial charge is 0.127 e. The normalized spacial score (nSPS) is 11.9. The number of para-hydroxylation sites is 1. The Morgan fingerprint density at radius 3 is 2.45 bits per heavy atom. The van der Waals surface area contributed by atoms with Crippen LogP contribution in [-0.4, -0.2) is 24.2 Å². The number of benzene rings is 3. The van der Waals surface area contributed by atoms with E-state index in [1.807, 2.05) is 48.7 Å². The van der Waals surface area contributed by atoms with Gasteiger partial charge in [0.25, 0.3) is 0 Å². The first kappa shape index (κ1) is 19.0. The maximum absolute atomic E-state index is 6.23. The molecule has 0 saturated carbocycles. The van der Waals surface area contributed by atoms with Crippen LogP contribution in [0.5, 0.6) is 5.75 Å². The molecule has 146 valence electrons. The van der Waals surface area contributed by atoms with E-state index in [1.165, 1.54) is 5.56 Å². The van der Waals surface area contributed by atoms with Crippen LogP contribution < -0.4 is 15.4 Å². The molecule has 1 atom stereocenters. The molecule has 4 rings (SSSR count). The van der Waals surface area contributed by atoms with Gasteiger partial charge in [0.15, 0.2) is 0 Å². The molecule has 4 aromatic rings. The quantitative estimate of drug-likeness (QED) is 0.432. The number of pyridine rings is 1. The van der Waals surface area contributed by atoms with Gasteiger partial charge >= 0.3 is 0 Å². The molecule has 2 N–H and O–H groups in total. The summed E-state index contributed by atoms with van der Waals surface area (Å²) in [5.41, 5.74) is 2.36. The van der Waals surface area contributed by atoms with E-state index in [9.17, 15) is 0 Å². The van der Waals surface area contributed by atoms with Gasteiger partial charge in [-0.05, 0) is 29.8 Å². The molecule has 1 aromatic heterocycles. The number of aromatic nitrogens is 1. The number of fused-ring (bicyclic) bond motifs is 1. The van der Waals surface area contributed by atoms with Gasteiger partial charge in [0.2, 0.25) is 0 Å². The molecule has 29 heavy (non-hydrogen) atoms. The molecule has 0 fully saturated rings. The Hall–Kier alpha value is -3.37. The molecule has 0 aliphatic carbocycles. The number of anilines is 1. The Labute approximate surface area is 171 Å². The van der Waals surface area contributed by atoms with Gasteiger partial charge in [-0.15, -0.1) is 0 Å². The summed E-state index contributed by atoms with van der Waals surface area (Å²) in [7, 11) is 0. The van der Waals surface area contributed by atoms with Gasteiger partial charge < -0.3 is 15.4 Å². The van der Waals surface area contributed by atoms with Crippen molar-refractivity contribution in [2.45, 2.75) is 12.6 Å². The first-order valence-electron chi connectivity index (χ1n) is 9.90. The molecule has 0 aliphatic heterocycles. The minimum absolute atomic E-state index is 0.146. The minimum Gasteiger partial charge on any atom is -0.491 e. The van der Waals surface area contributed by atoms with Gasteiger partial charge in [-0.1, -0.05) is 60.7 Å². The van der Waals surface area contributed by atoms with Crippen molar-refractivity contribution in [2.24, 2.45) is 0 Å². The van der Waals surface area contributed by atoms with Crippen LogP contribution in [0.15, 0.2) is 97.3 Å². The van der Waals surface area contributed by atoms with E-state index in [2.05, 4.69) is 58.1 Å². The topological polar surface area (TPSA) is 46.2 Å². The lowest BCUT2D eigenvalue weighted by Gasteiger charge is -2.21. The van der Waals surface area contributed by atoms with E-state index in [1.54, 1.807) is 6.20 Å². The van der Waals surface area contributed by atoms with Crippen LogP contribution in [0.25, 0.3) is 10.8 Å². The maximum Gasteiger partial charge on any atom is 0.127 e. The highest BCUT2D eigenvalue weighted by molar-refractivity contribution is 5.87. The second-order valence-electron chi connectivity index (χ2n) is 6.97. The largest absolute Gasteiger partial charge is 0.491 e. The number of rotatable bonds is 9. The summed E-state index contributed by atoms with van der Waals surface area (Å²) in [6, 6.07) is 28.9. The summed E-state index contributed by atoms with van der Waals surface area (Å²) in [6.07, 6.45) is 3.67. The highest BCUT2D eigenvalue weighted by Gasteiger charge is 2.11.